The lowest BCUT2D eigenvalue weighted by molar-refractivity contribution is 0.0719. The number of aliphatic imine (C=N–C) groups is 1. The average Bonchev–Trinajstić information content (AvgIpc) is 3.48. The molecule has 1 fully saturated rings. The van der Waals surface area contributed by atoms with Crippen LogP contribution in [0.4, 0.5) is 5.95 Å². The molecule has 190 valence electrons. The van der Waals surface area contributed by atoms with Crippen molar-refractivity contribution in [2.75, 3.05) is 25.4 Å². The van der Waals surface area contributed by atoms with Gasteiger partial charge >= 0.3 is 0 Å². The molecule has 0 bridgehead atoms. The highest BCUT2D eigenvalue weighted by Gasteiger charge is 2.49. The molecule has 0 aromatic carbocycles. The van der Waals surface area contributed by atoms with Gasteiger partial charge in [0.15, 0.2) is 0 Å². The summed E-state index contributed by atoms with van der Waals surface area (Å²) in [5, 5.41) is 21.8. The third-order valence-corrected chi connectivity index (χ3v) is 8.89. The van der Waals surface area contributed by atoms with Gasteiger partial charge in [0, 0.05) is 43.3 Å². The van der Waals surface area contributed by atoms with Gasteiger partial charge in [-0.1, -0.05) is 0 Å². The van der Waals surface area contributed by atoms with Gasteiger partial charge in [-0.25, -0.2) is 23.4 Å². The Bertz CT molecular complexity index is 1440. The Kier molecular flexibility index (Phi) is 7.21. The summed E-state index contributed by atoms with van der Waals surface area (Å²) in [6.07, 6.45) is 3.68. The summed E-state index contributed by atoms with van der Waals surface area (Å²) < 4.78 is 28.6. The normalized spacial score (nSPS) is 16.2. The number of sulfonamides is 1. The van der Waals surface area contributed by atoms with Crippen molar-refractivity contribution in [3.05, 3.63) is 23.8 Å². The summed E-state index contributed by atoms with van der Waals surface area (Å²) in [5.41, 5.74) is 2.32. The van der Waals surface area contributed by atoms with Crippen LogP contribution in [0.5, 0.6) is 0 Å². The van der Waals surface area contributed by atoms with Crippen molar-refractivity contribution in [2.24, 2.45) is 10.1 Å². The van der Waals surface area contributed by atoms with Crippen molar-refractivity contribution in [3.8, 4) is 17.3 Å². The Balaban J connectivity index is 1.68. The summed E-state index contributed by atoms with van der Waals surface area (Å²) in [6, 6.07) is 4.30. The minimum absolute atomic E-state index is 0.0256. The van der Waals surface area contributed by atoms with Crippen molar-refractivity contribution in [1.82, 2.24) is 29.1 Å². The van der Waals surface area contributed by atoms with E-state index in [2.05, 4.69) is 33.0 Å². The summed E-state index contributed by atoms with van der Waals surface area (Å²) in [5.74, 6) is 0.363. The number of nitriles is 1. The smallest absolute Gasteiger partial charge is 0.250 e. The largest absolute Gasteiger partial charge is 0.290 e. The number of nitrogens with zero attached hydrogens (tertiary/aromatic N) is 9. The van der Waals surface area contributed by atoms with Crippen LogP contribution in [-0.2, 0) is 15.6 Å². The molecule has 0 aliphatic carbocycles. The van der Waals surface area contributed by atoms with Gasteiger partial charge in [0.1, 0.15) is 5.54 Å². The van der Waals surface area contributed by atoms with Crippen LogP contribution in [0.1, 0.15) is 34.1 Å². The maximum Gasteiger partial charge on any atom is 0.250 e. The van der Waals surface area contributed by atoms with E-state index in [-0.39, 0.29) is 31.3 Å². The Morgan fingerprint density at radius 2 is 2.14 bits per heavy atom. The highest BCUT2D eigenvalue weighted by Crippen LogP contribution is 2.37. The fourth-order valence-corrected chi connectivity index (χ4v) is 6.19. The molecule has 0 spiro atoms. The van der Waals surface area contributed by atoms with Crippen molar-refractivity contribution in [3.63, 3.8) is 0 Å². The van der Waals surface area contributed by atoms with E-state index in [1.807, 2.05) is 43.4 Å². The summed E-state index contributed by atoms with van der Waals surface area (Å²) in [7, 11) is -3.32. The number of fused-ring (bicyclic) bond motifs is 1. The fraction of sp³-hybridized carbons (Fsp3) is 0.478. The predicted molar refractivity (Wildman–Crippen MR) is 142 cm³/mol. The second-order valence-corrected chi connectivity index (χ2v) is 12.3. The minimum atomic E-state index is -3.32. The molecule has 1 aliphatic rings. The molecule has 3 aromatic rings. The van der Waals surface area contributed by atoms with E-state index in [1.54, 1.807) is 17.8 Å². The lowest BCUT2D eigenvalue weighted by Gasteiger charge is -2.47. The predicted octanol–water partition coefficient (Wildman–Crippen LogP) is 3.25. The SMILES string of the molecule is C=NN(CC(C)=Nc1nc(-c2cnn(C3(CC#N)CN(S(=O)(=O)CC)C3)c2)c2sccc2n1)C(C)C. The van der Waals surface area contributed by atoms with Gasteiger partial charge in [0.2, 0.25) is 10.0 Å². The van der Waals surface area contributed by atoms with Gasteiger partial charge in [-0.3, -0.25) is 9.69 Å². The highest BCUT2D eigenvalue weighted by molar-refractivity contribution is 7.89. The minimum Gasteiger partial charge on any atom is -0.290 e. The first-order valence-electron chi connectivity index (χ1n) is 11.6. The summed E-state index contributed by atoms with van der Waals surface area (Å²) in [6.45, 7) is 12.1. The van der Waals surface area contributed by atoms with Crippen LogP contribution in [0.15, 0.2) is 33.9 Å². The maximum atomic E-state index is 12.3. The first-order chi connectivity index (χ1) is 17.1. The molecule has 0 N–H and O–H groups in total. The van der Waals surface area contributed by atoms with Crippen molar-refractivity contribution >= 4 is 50.0 Å². The monoisotopic (exact) mass is 527 g/mol. The number of aromatic nitrogens is 4. The molecule has 0 saturated carbocycles. The topological polar surface area (TPSA) is 133 Å². The lowest BCUT2D eigenvalue weighted by Crippen LogP contribution is -2.64. The average molecular weight is 528 g/mol. The molecule has 4 rings (SSSR count). The molecule has 4 heterocycles. The molecular formula is C23H29N9O2S2. The molecule has 0 radical (unpaired) electrons. The van der Waals surface area contributed by atoms with Gasteiger partial charge in [-0.2, -0.15) is 19.8 Å². The number of hydrogen-bond acceptors (Lipinski definition) is 10. The molecule has 1 aliphatic heterocycles. The summed E-state index contributed by atoms with van der Waals surface area (Å²) >= 11 is 1.53. The molecule has 13 heteroatoms. The zero-order valence-corrected chi connectivity index (χ0v) is 22.4. The van der Waals surface area contributed by atoms with Crippen LogP contribution >= 0.6 is 11.3 Å². The van der Waals surface area contributed by atoms with Crippen molar-refractivity contribution in [1.29, 1.82) is 5.26 Å². The number of thiophene rings is 1. The Hall–Kier alpha value is -3.21. The Labute approximate surface area is 214 Å². The van der Waals surface area contributed by atoms with Crippen LogP contribution in [0.25, 0.3) is 21.5 Å². The van der Waals surface area contributed by atoms with E-state index in [0.29, 0.717) is 18.2 Å². The van der Waals surface area contributed by atoms with E-state index >= 15 is 0 Å². The molecule has 1 saturated heterocycles. The highest BCUT2D eigenvalue weighted by atomic mass is 32.2. The number of hydrazone groups is 1. The molecule has 11 nitrogen and oxygen atoms in total. The molecule has 3 aromatic heterocycles. The van der Waals surface area contributed by atoms with Gasteiger partial charge in [0.05, 0.1) is 46.9 Å². The van der Waals surface area contributed by atoms with Crippen LogP contribution in [0, 0.1) is 11.3 Å². The molecule has 36 heavy (non-hydrogen) atoms. The van der Waals surface area contributed by atoms with Gasteiger partial charge in [-0.15, -0.1) is 11.3 Å². The van der Waals surface area contributed by atoms with Crippen LogP contribution in [0.2, 0.25) is 0 Å². The standard InChI is InChI=1S/C23H29N9O2S2/c1-6-36(33,34)30-14-23(15-30,8-9-24)32-13-18(11-26-32)20-21-19(7-10-35-21)28-22(29-20)27-17(4)12-31(25-5)16(2)3/h7,10-11,13,16H,5-6,8,12,14-15H2,1-4H3. The number of rotatable bonds is 10. The quantitative estimate of drug-likeness (QED) is 0.292. The first-order valence-corrected chi connectivity index (χ1v) is 14.0. The van der Waals surface area contributed by atoms with Gasteiger partial charge < -0.3 is 0 Å². The van der Waals surface area contributed by atoms with Crippen LogP contribution in [0.3, 0.4) is 0 Å². The van der Waals surface area contributed by atoms with E-state index in [0.717, 1.165) is 21.5 Å². The Morgan fingerprint density at radius 1 is 1.39 bits per heavy atom. The fourth-order valence-electron chi connectivity index (χ4n) is 4.11. The van der Waals surface area contributed by atoms with Crippen molar-refractivity contribution in [2.45, 2.75) is 45.7 Å². The molecular weight excluding hydrogens is 498 g/mol. The molecule has 0 atom stereocenters. The summed E-state index contributed by atoms with van der Waals surface area (Å²) in [4.78, 5) is 14.0. The Morgan fingerprint density at radius 3 is 2.78 bits per heavy atom. The molecule has 0 amide bonds. The first kappa shape index (κ1) is 25.9. The maximum absolute atomic E-state index is 12.3. The van der Waals surface area contributed by atoms with Gasteiger partial charge in [0.25, 0.3) is 5.95 Å². The van der Waals surface area contributed by atoms with E-state index < -0.39 is 15.6 Å². The zero-order chi connectivity index (χ0) is 26.1. The van der Waals surface area contributed by atoms with Gasteiger partial charge in [-0.05, 0) is 39.1 Å². The molecule has 0 unspecified atom stereocenters. The van der Waals surface area contributed by atoms with E-state index in [1.165, 1.54) is 15.6 Å². The zero-order valence-electron chi connectivity index (χ0n) is 20.8. The van der Waals surface area contributed by atoms with E-state index in [4.69, 9.17) is 4.98 Å². The number of hydrogen-bond donors (Lipinski definition) is 0. The van der Waals surface area contributed by atoms with E-state index in [9.17, 15) is 13.7 Å². The second-order valence-electron chi connectivity index (χ2n) is 9.09. The van der Waals surface area contributed by atoms with Crippen molar-refractivity contribution < 1.29 is 8.42 Å². The second kappa shape index (κ2) is 10.0. The van der Waals surface area contributed by atoms with Crippen LogP contribution in [-0.4, -0.2) is 81.3 Å². The third kappa shape index (κ3) is 4.88. The lowest BCUT2D eigenvalue weighted by atomic mass is 9.89. The van der Waals surface area contributed by atoms with Crippen LogP contribution < -0.4 is 0 Å². The third-order valence-electron chi connectivity index (χ3n) is 6.20.